The van der Waals surface area contributed by atoms with Crippen LogP contribution in [0.1, 0.15) is 21.7 Å². The number of hydrogen-bond acceptors (Lipinski definition) is 6. The van der Waals surface area contributed by atoms with Gasteiger partial charge in [-0.15, -0.1) is 0 Å². The number of nitrogens with one attached hydrogen (secondary N) is 1. The summed E-state index contributed by atoms with van der Waals surface area (Å²) in [7, 11) is -3.54. The van der Waals surface area contributed by atoms with Crippen molar-refractivity contribution < 1.29 is 22.5 Å². The first-order chi connectivity index (χ1) is 15.0. The van der Waals surface area contributed by atoms with Crippen LogP contribution in [0.5, 0.6) is 0 Å². The average molecular weight is 442 g/mol. The molecule has 8 nitrogen and oxygen atoms in total. The van der Waals surface area contributed by atoms with E-state index in [9.17, 15) is 13.2 Å². The molecule has 1 aliphatic rings. The summed E-state index contributed by atoms with van der Waals surface area (Å²) in [4.78, 5) is 13.0. The van der Waals surface area contributed by atoms with Crippen molar-refractivity contribution in [1.82, 2.24) is 14.8 Å². The fourth-order valence-electron chi connectivity index (χ4n) is 3.42. The zero-order valence-electron chi connectivity index (χ0n) is 17.1. The normalized spacial score (nSPS) is 15.0. The lowest BCUT2D eigenvalue weighted by Crippen LogP contribution is -2.40. The SMILES string of the molecule is Cc1onc(-c2ccccc2)c1C(=O)NCc1ccc(S(=O)(=O)N2CCOCC2)cc1. The highest BCUT2D eigenvalue weighted by Crippen LogP contribution is 2.25. The lowest BCUT2D eigenvalue weighted by atomic mass is 10.1. The number of aryl methyl sites for hydroxylation is 1. The van der Waals surface area contributed by atoms with Gasteiger partial charge in [0, 0.05) is 25.2 Å². The van der Waals surface area contributed by atoms with E-state index in [2.05, 4.69) is 10.5 Å². The molecule has 162 valence electrons. The predicted molar refractivity (Wildman–Crippen MR) is 114 cm³/mol. The van der Waals surface area contributed by atoms with Gasteiger partial charge in [-0.05, 0) is 24.6 Å². The Balaban J connectivity index is 1.45. The van der Waals surface area contributed by atoms with E-state index in [4.69, 9.17) is 9.26 Å². The van der Waals surface area contributed by atoms with Gasteiger partial charge in [0.15, 0.2) is 0 Å². The summed E-state index contributed by atoms with van der Waals surface area (Å²) >= 11 is 0. The third-order valence-corrected chi connectivity index (χ3v) is 7.03. The van der Waals surface area contributed by atoms with Crippen LogP contribution in [0.2, 0.25) is 0 Å². The topological polar surface area (TPSA) is 102 Å². The Kier molecular flexibility index (Phi) is 6.17. The summed E-state index contributed by atoms with van der Waals surface area (Å²) in [5, 5.41) is 6.89. The van der Waals surface area contributed by atoms with E-state index in [1.54, 1.807) is 31.2 Å². The van der Waals surface area contributed by atoms with Crippen LogP contribution >= 0.6 is 0 Å². The lowest BCUT2D eigenvalue weighted by Gasteiger charge is -2.26. The first-order valence-corrected chi connectivity index (χ1v) is 11.4. The maximum Gasteiger partial charge on any atom is 0.257 e. The Morgan fingerprint density at radius 3 is 2.42 bits per heavy atom. The molecule has 0 spiro atoms. The van der Waals surface area contributed by atoms with Gasteiger partial charge < -0.3 is 14.6 Å². The number of benzene rings is 2. The van der Waals surface area contributed by atoms with Crippen molar-refractivity contribution in [3.63, 3.8) is 0 Å². The van der Waals surface area contributed by atoms with Crippen LogP contribution < -0.4 is 5.32 Å². The van der Waals surface area contributed by atoms with Crippen molar-refractivity contribution >= 4 is 15.9 Å². The molecule has 9 heteroatoms. The van der Waals surface area contributed by atoms with E-state index < -0.39 is 10.0 Å². The predicted octanol–water partition coefficient (Wildman–Crippen LogP) is 2.60. The molecule has 2 aromatic carbocycles. The molecule has 0 unspecified atom stereocenters. The number of sulfonamides is 1. The maximum atomic E-state index is 12.8. The van der Waals surface area contributed by atoms with Gasteiger partial charge in [-0.1, -0.05) is 47.6 Å². The molecule has 0 radical (unpaired) electrons. The van der Waals surface area contributed by atoms with Gasteiger partial charge in [-0.2, -0.15) is 4.31 Å². The summed E-state index contributed by atoms with van der Waals surface area (Å²) in [5.41, 5.74) is 2.45. The molecule has 0 saturated carbocycles. The van der Waals surface area contributed by atoms with Crippen molar-refractivity contribution in [2.75, 3.05) is 26.3 Å². The average Bonchev–Trinajstić information content (AvgIpc) is 3.20. The highest BCUT2D eigenvalue weighted by atomic mass is 32.2. The number of carbonyl (C=O) groups is 1. The molecule has 0 bridgehead atoms. The van der Waals surface area contributed by atoms with Gasteiger partial charge in [0.1, 0.15) is 17.0 Å². The molecule has 1 aliphatic heterocycles. The van der Waals surface area contributed by atoms with Crippen LogP contribution in [-0.4, -0.2) is 50.1 Å². The molecule has 1 amide bonds. The molecule has 1 aromatic heterocycles. The van der Waals surface area contributed by atoms with Crippen molar-refractivity contribution in [3.8, 4) is 11.3 Å². The fourth-order valence-corrected chi connectivity index (χ4v) is 4.83. The minimum Gasteiger partial charge on any atom is -0.379 e. The summed E-state index contributed by atoms with van der Waals surface area (Å²) in [6.45, 7) is 3.44. The second-order valence-electron chi connectivity index (χ2n) is 7.17. The molecule has 0 aliphatic carbocycles. The molecule has 3 aromatic rings. The lowest BCUT2D eigenvalue weighted by molar-refractivity contribution is 0.0730. The summed E-state index contributed by atoms with van der Waals surface area (Å²) in [5.74, 6) is 0.130. The van der Waals surface area contributed by atoms with Crippen molar-refractivity contribution in [2.24, 2.45) is 0 Å². The number of hydrogen-bond donors (Lipinski definition) is 1. The van der Waals surface area contributed by atoms with E-state index in [0.29, 0.717) is 43.3 Å². The number of nitrogens with zero attached hydrogens (tertiary/aromatic N) is 2. The number of morpholine rings is 1. The fraction of sp³-hybridized carbons (Fsp3) is 0.273. The molecule has 1 N–H and O–H groups in total. The van der Waals surface area contributed by atoms with Gasteiger partial charge in [0.2, 0.25) is 10.0 Å². The molecule has 0 atom stereocenters. The standard InChI is InChI=1S/C22H23N3O5S/c1-16-20(21(24-30-16)18-5-3-2-4-6-18)22(26)23-15-17-7-9-19(10-8-17)31(27,28)25-11-13-29-14-12-25/h2-10H,11-15H2,1H3,(H,23,26). The van der Waals surface area contributed by atoms with E-state index in [1.165, 1.54) is 4.31 Å². The number of aromatic nitrogens is 1. The quantitative estimate of drug-likeness (QED) is 0.631. The first kappa shape index (κ1) is 21.2. The summed E-state index contributed by atoms with van der Waals surface area (Å²) in [6, 6.07) is 15.9. The number of carbonyl (C=O) groups excluding carboxylic acids is 1. The maximum absolute atomic E-state index is 12.8. The van der Waals surface area contributed by atoms with Crippen molar-refractivity contribution in [3.05, 3.63) is 71.5 Å². The molecular formula is C22H23N3O5S. The minimum absolute atomic E-state index is 0.228. The highest BCUT2D eigenvalue weighted by molar-refractivity contribution is 7.89. The van der Waals surface area contributed by atoms with Crippen LogP contribution in [0, 0.1) is 6.92 Å². The zero-order valence-corrected chi connectivity index (χ0v) is 17.9. The highest BCUT2D eigenvalue weighted by Gasteiger charge is 2.26. The smallest absolute Gasteiger partial charge is 0.257 e. The Hall–Kier alpha value is -3.01. The van der Waals surface area contributed by atoms with Crippen molar-refractivity contribution in [2.45, 2.75) is 18.4 Å². The second-order valence-corrected chi connectivity index (χ2v) is 9.11. The van der Waals surface area contributed by atoms with Gasteiger partial charge in [0.25, 0.3) is 5.91 Å². The molecule has 2 heterocycles. The number of ether oxygens (including phenoxy) is 1. The largest absolute Gasteiger partial charge is 0.379 e. The molecular weight excluding hydrogens is 418 g/mol. The third-order valence-electron chi connectivity index (χ3n) is 5.12. The molecule has 4 rings (SSSR count). The van der Waals surface area contributed by atoms with Crippen molar-refractivity contribution in [1.29, 1.82) is 0 Å². The monoisotopic (exact) mass is 441 g/mol. The number of amides is 1. The van der Waals surface area contributed by atoms with Crippen LogP contribution in [0.4, 0.5) is 0 Å². The summed E-state index contributed by atoms with van der Waals surface area (Å²) < 4.78 is 37.3. The van der Waals surface area contributed by atoms with E-state index in [1.807, 2.05) is 30.3 Å². The van der Waals surface area contributed by atoms with Gasteiger partial charge in [-0.25, -0.2) is 8.42 Å². The van der Waals surface area contributed by atoms with Gasteiger partial charge >= 0.3 is 0 Å². The second kappa shape index (κ2) is 9.01. The van der Waals surface area contributed by atoms with E-state index in [0.717, 1.165) is 11.1 Å². The van der Waals surface area contributed by atoms with Crippen LogP contribution in [0.15, 0.2) is 64.0 Å². The Morgan fingerprint density at radius 2 is 1.74 bits per heavy atom. The Bertz CT molecular complexity index is 1150. The Labute approximate surface area is 180 Å². The van der Waals surface area contributed by atoms with Gasteiger partial charge in [0.05, 0.1) is 18.1 Å². The molecule has 1 fully saturated rings. The van der Waals surface area contributed by atoms with Crippen LogP contribution in [0.3, 0.4) is 0 Å². The molecule has 1 saturated heterocycles. The van der Waals surface area contributed by atoms with Crippen LogP contribution in [0.25, 0.3) is 11.3 Å². The van der Waals surface area contributed by atoms with E-state index >= 15 is 0 Å². The van der Waals surface area contributed by atoms with E-state index in [-0.39, 0.29) is 17.3 Å². The zero-order chi connectivity index (χ0) is 21.8. The first-order valence-electron chi connectivity index (χ1n) is 9.93. The number of rotatable bonds is 6. The Morgan fingerprint density at radius 1 is 1.06 bits per heavy atom. The minimum atomic E-state index is -3.54. The van der Waals surface area contributed by atoms with Crippen LogP contribution in [-0.2, 0) is 21.3 Å². The summed E-state index contributed by atoms with van der Waals surface area (Å²) in [6.07, 6.45) is 0. The third kappa shape index (κ3) is 4.53. The molecule has 31 heavy (non-hydrogen) atoms. The van der Waals surface area contributed by atoms with Gasteiger partial charge in [-0.3, -0.25) is 4.79 Å².